The number of pyridine rings is 1. The SMILES string of the molecule is Fc1cccnc1OC[C@@H]1CCn2cncc2CN1. The van der Waals surface area contributed by atoms with E-state index in [0.29, 0.717) is 6.61 Å². The summed E-state index contributed by atoms with van der Waals surface area (Å²) in [6, 6.07) is 3.08. The van der Waals surface area contributed by atoms with E-state index in [9.17, 15) is 4.39 Å². The average Bonchev–Trinajstić information content (AvgIpc) is 2.79. The molecule has 0 radical (unpaired) electrons. The topological polar surface area (TPSA) is 52.0 Å². The first kappa shape index (κ1) is 12.1. The van der Waals surface area contributed by atoms with Crippen LogP contribution in [0.2, 0.25) is 0 Å². The quantitative estimate of drug-likeness (QED) is 0.907. The molecular formula is C13H15FN4O. The van der Waals surface area contributed by atoms with Gasteiger partial charge in [0.25, 0.3) is 0 Å². The third kappa shape index (κ3) is 2.73. The molecule has 6 heteroatoms. The molecule has 1 aliphatic rings. The van der Waals surface area contributed by atoms with Crippen LogP contribution in [-0.4, -0.2) is 27.2 Å². The molecule has 100 valence electrons. The summed E-state index contributed by atoms with van der Waals surface area (Å²) >= 11 is 0. The monoisotopic (exact) mass is 262 g/mol. The van der Waals surface area contributed by atoms with Crippen LogP contribution in [0.3, 0.4) is 0 Å². The maximum atomic E-state index is 13.4. The molecule has 0 fully saturated rings. The molecule has 0 unspecified atom stereocenters. The second-order valence-electron chi connectivity index (χ2n) is 4.55. The zero-order valence-electron chi connectivity index (χ0n) is 10.4. The van der Waals surface area contributed by atoms with Crippen LogP contribution in [0, 0.1) is 5.82 Å². The molecule has 5 nitrogen and oxygen atoms in total. The van der Waals surface area contributed by atoms with E-state index in [0.717, 1.165) is 25.2 Å². The van der Waals surface area contributed by atoms with Crippen molar-refractivity contribution in [2.75, 3.05) is 6.61 Å². The number of aromatic nitrogens is 3. The highest BCUT2D eigenvalue weighted by atomic mass is 19.1. The van der Waals surface area contributed by atoms with Gasteiger partial charge in [0.05, 0.1) is 12.0 Å². The van der Waals surface area contributed by atoms with Crippen molar-refractivity contribution in [3.05, 3.63) is 42.4 Å². The molecule has 0 aromatic carbocycles. The van der Waals surface area contributed by atoms with Gasteiger partial charge in [0, 0.05) is 31.5 Å². The number of aryl methyl sites for hydroxylation is 1. The predicted molar refractivity (Wildman–Crippen MR) is 67.2 cm³/mol. The minimum Gasteiger partial charge on any atom is -0.474 e. The Morgan fingerprint density at radius 1 is 1.53 bits per heavy atom. The second kappa shape index (κ2) is 5.36. The average molecular weight is 262 g/mol. The fraction of sp³-hybridized carbons (Fsp3) is 0.385. The largest absolute Gasteiger partial charge is 0.474 e. The van der Waals surface area contributed by atoms with Gasteiger partial charge in [-0.2, -0.15) is 0 Å². The standard InChI is InChI=1S/C13H15FN4O/c14-12-2-1-4-16-13(12)19-8-10-3-5-18-9-15-6-11(18)7-17-10/h1-2,4,6,9-10,17H,3,5,7-8H2/t10-/m0/s1. The Kier molecular flexibility index (Phi) is 3.41. The lowest BCUT2D eigenvalue weighted by Crippen LogP contribution is -2.33. The molecule has 1 aliphatic heterocycles. The maximum absolute atomic E-state index is 13.4. The van der Waals surface area contributed by atoms with Crippen molar-refractivity contribution in [3.63, 3.8) is 0 Å². The lowest BCUT2D eigenvalue weighted by Gasteiger charge is -2.15. The van der Waals surface area contributed by atoms with Crippen molar-refractivity contribution in [1.29, 1.82) is 0 Å². The Balaban J connectivity index is 1.57. The molecule has 1 atom stereocenters. The Labute approximate surface area is 110 Å². The van der Waals surface area contributed by atoms with Gasteiger partial charge < -0.3 is 14.6 Å². The molecule has 3 rings (SSSR count). The van der Waals surface area contributed by atoms with Crippen molar-refractivity contribution in [2.24, 2.45) is 0 Å². The molecule has 0 saturated heterocycles. The summed E-state index contributed by atoms with van der Waals surface area (Å²) in [6.07, 6.45) is 6.13. The molecule has 3 heterocycles. The summed E-state index contributed by atoms with van der Waals surface area (Å²) in [6.45, 7) is 2.05. The zero-order valence-corrected chi connectivity index (χ0v) is 10.4. The number of ether oxygens (including phenoxy) is 1. The first-order valence-electron chi connectivity index (χ1n) is 6.28. The molecule has 0 aliphatic carbocycles. The highest BCUT2D eigenvalue weighted by Crippen LogP contribution is 2.13. The van der Waals surface area contributed by atoms with E-state index < -0.39 is 5.82 Å². The number of halogens is 1. The summed E-state index contributed by atoms with van der Waals surface area (Å²) < 4.78 is 20.9. The Morgan fingerprint density at radius 2 is 2.47 bits per heavy atom. The van der Waals surface area contributed by atoms with Crippen molar-refractivity contribution < 1.29 is 9.13 Å². The van der Waals surface area contributed by atoms with E-state index in [1.807, 2.05) is 12.5 Å². The molecule has 2 aromatic heterocycles. The van der Waals surface area contributed by atoms with Crippen LogP contribution in [0.25, 0.3) is 0 Å². The number of rotatable bonds is 3. The molecule has 0 spiro atoms. The first-order valence-corrected chi connectivity index (χ1v) is 6.28. The lowest BCUT2D eigenvalue weighted by atomic mass is 10.2. The number of imidazole rings is 1. The minimum atomic E-state index is -0.424. The van der Waals surface area contributed by atoms with Gasteiger partial charge in [-0.15, -0.1) is 0 Å². The molecule has 0 saturated carbocycles. The van der Waals surface area contributed by atoms with E-state index in [4.69, 9.17) is 4.74 Å². The Bertz CT molecular complexity index is 535. The van der Waals surface area contributed by atoms with Crippen LogP contribution >= 0.6 is 0 Å². The van der Waals surface area contributed by atoms with Gasteiger partial charge in [-0.3, -0.25) is 0 Å². The number of fused-ring (bicyclic) bond motifs is 1. The van der Waals surface area contributed by atoms with E-state index in [1.165, 1.54) is 12.3 Å². The lowest BCUT2D eigenvalue weighted by molar-refractivity contribution is 0.237. The van der Waals surface area contributed by atoms with Gasteiger partial charge in [0.2, 0.25) is 5.88 Å². The summed E-state index contributed by atoms with van der Waals surface area (Å²) in [5, 5.41) is 3.38. The van der Waals surface area contributed by atoms with Gasteiger partial charge >= 0.3 is 0 Å². The van der Waals surface area contributed by atoms with E-state index in [1.54, 1.807) is 6.07 Å². The predicted octanol–water partition coefficient (Wildman–Crippen LogP) is 1.36. The molecule has 0 bridgehead atoms. The van der Waals surface area contributed by atoms with Gasteiger partial charge in [-0.25, -0.2) is 14.4 Å². The highest BCUT2D eigenvalue weighted by Gasteiger charge is 2.16. The summed E-state index contributed by atoms with van der Waals surface area (Å²) in [5.41, 5.74) is 1.16. The Morgan fingerprint density at radius 3 is 3.37 bits per heavy atom. The second-order valence-corrected chi connectivity index (χ2v) is 4.55. The highest BCUT2D eigenvalue weighted by molar-refractivity contribution is 5.12. The molecular weight excluding hydrogens is 247 g/mol. The van der Waals surface area contributed by atoms with Crippen molar-refractivity contribution in [1.82, 2.24) is 19.9 Å². The third-order valence-electron chi connectivity index (χ3n) is 3.23. The van der Waals surface area contributed by atoms with Crippen molar-refractivity contribution in [2.45, 2.75) is 25.6 Å². The van der Waals surface area contributed by atoms with Crippen LogP contribution in [0.1, 0.15) is 12.1 Å². The van der Waals surface area contributed by atoms with Gasteiger partial charge in [-0.05, 0) is 18.6 Å². The molecule has 2 aromatic rings. The number of hydrogen-bond donors (Lipinski definition) is 1. The molecule has 0 amide bonds. The fourth-order valence-corrected chi connectivity index (χ4v) is 2.14. The smallest absolute Gasteiger partial charge is 0.250 e. The van der Waals surface area contributed by atoms with Crippen LogP contribution in [-0.2, 0) is 13.1 Å². The number of nitrogens with one attached hydrogen (secondary N) is 1. The summed E-state index contributed by atoms with van der Waals surface area (Å²) in [7, 11) is 0. The van der Waals surface area contributed by atoms with Gasteiger partial charge in [-0.1, -0.05) is 0 Å². The van der Waals surface area contributed by atoms with Crippen LogP contribution in [0.15, 0.2) is 30.9 Å². The van der Waals surface area contributed by atoms with Gasteiger partial charge in [0.1, 0.15) is 6.61 Å². The van der Waals surface area contributed by atoms with Crippen molar-refractivity contribution >= 4 is 0 Å². The maximum Gasteiger partial charge on any atom is 0.250 e. The van der Waals surface area contributed by atoms with E-state index >= 15 is 0 Å². The number of hydrogen-bond acceptors (Lipinski definition) is 4. The van der Waals surface area contributed by atoms with E-state index in [-0.39, 0.29) is 11.9 Å². The normalized spacial score (nSPS) is 18.7. The number of nitrogens with zero attached hydrogens (tertiary/aromatic N) is 3. The molecule has 1 N–H and O–H groups in total. The first-order chi connectivity index (χ1) is 9.33. The third-order valence-corrected chi connectivity index (χ3v) is 3.23. The summed E-state index contributed by atoms with van der Waals surface area (Å²) in [4.78, 5) is 7.98. The van der Waals surface area contributed by atoms with Crippen LogP contribution in [0.4, 0.5) is 4.39 Å². The van der Waals surface area contributed by atoms with Crippen LogP contribution in [0.5, 0.6) is 5.88 Å². The zero-order chi connectivity index (χ0) is 13.1. The minimum absolute atomic E-state index is 0.0647. The van der Waals surface area contributed by atoms with Crippen molar-refractivity contribution in [3.8, 4) is 5.88 Å². The summed E-state index contributed by atoms with van der Waals surface area (Å²) in [5.74, 6) is -0.360. The van der Waals surface area contributed by atoms with Gasteiger partial charge in [0.15, 0.2) is 5.82 Å². The fourth-order valence-electron chi connectivity index (χ4n) is 2.14. The van der Waals surface area contributed by atoms with Crippen LogP contribution < -0.4 is 10.1 Å². The van der Waals surface area contributed by atoms with E-state index in [2.05, 4.69) is 19.9 Å². The Hall–Kier alpha value is -1.95. The molecule has 19 heavy (non-hydrogen) atoms.